The van der Waals surface area contributed by atoms with E-state index in [2.05, 4.69) is 5.32 Å². The van der Waals surface area contributed by atoms with Crippen molar-refractivity contribution in [2.45, 2.75) is 18.9 Å². The number of rotatable bonds is 4. The molecule has 0 bridgehead atoms. The summed E-state index contributed by atoms with van der Waals surface area (Å²) in [6.45, 7) is 1.22. The first kappa shape index (κ1) is 19.2. The number of halogens is 2. The van der Waals surface area contributed by atoms with Gasteiger partial charge in [-0.3, -0.25) is 9.59 Å². The minimum Gasteiger partial charge on any atom is -0.486 e. The fourth-order valence-corrected chi connectivity index (χ4v) is 3.79. The first-order valence-corrected chi connectivity index (χ1v) is 9.45. The summed E-state index contributed by atoms with van der Waals surface area (Å²) in [5.41, 5.74) is 0.711. The number of para-hydroxylation sites is 1. The average molecular weight is 402 g/mol. The summed E-state index contributed by atoms with van der Waals surface area (Å²) in [5.74, 6) is -1.36. The van der Waals surface area contributed by atoms with Crippen LogP contribution in [0.2, 0.25) is 0 Å². The number of carbonyl (C=O) groups is 2. The fourth-order valence-electron chi connectivity index (χ4n) is 3.79. The van der Waals surface area contributed by atoms with Gasteiger partial charge in [0, 0.05) is 23.7 Å². The predicted octanol–water partition coefficient (Wildman–Crippen LogP) is 2.83. The Kier molecular flexibility index (Phi) is 5.33. The van der Waals surface area contributed by atoms with Crippen molar-refractivity contribution in [3.05, 3.63) is 59.2 Å². The maximum absolute atomic E-state index is 13.3. The van der Waals surface area contributed by atoms with Gasteiger partial charge in [0.2, 0.25) is 5.91 Å². The maximum atomic E-state index is 13.3. The molecule has 0 saturated carbocycles. The number of benzene rings is 2. The van der Waals surface area contributed by atoms with E-state index in [0.717, 1.165) is 30.5 Å². The number of hydrogen-bond acceptors (Lipinski definition) is 4. The molecule has 8 heteroatoms. The van der Waals surface area contributed by atoms with Crippen molar-refractivity contribution in [1.29, 1.82) is 0 Å². The standard InChI is InChI=1S/C21H20F2N2O4/c22-14-9-13(10-15(23)11-14)21(27)24-12-19(26)25-6-2-4-17(25)16-3-1-5-18-20(16)29-8-7-28-18/h1,3,5,9-11,17H,2,4,6-8,12H2,(H,24,27). The monoisotopic (exact) mass is 402 g/mol. The molecule has 29 heavy (non-hydrogen) atoms. The Morgan fingerprint density at radius 2 is 1.86 bits per heavy atom. The molecular weight excluding hydrogens is 382 g/mol. The number of amides is 2. The van der Waals surface area contributed by atoms with Crippen LogP contribution >= 0.6 is 0 Å². The lowest BCUT2D eigenvalue weighted by atomic mass is 10.0. The van der Waals surface area contributed by atoms with Gasteiger partial charge in [0.05, 0.1) is 12.6 Å². The molecule has 1 unspecified atom stereocenters. The highest BCUT2D eigenvalue weighted by Crippen LogP contribution is 2.42. The molecule has 2 aromatic carbocycles. The Morgan fingerprint density at radius 3 is 2.66 bits per heavy atom. The summed E-state index contributed by atoms with van der Waals surface area (Å²) in [7, 11) is 0. The molecule has 6 nitrogen and oxygen atoms in total. The second kappa shape index (κ2) is 8.06. The second-order valence-corrected chi connectivity index (χ2v) is 6.96. The van der Waals surface area contributed by atoms with Gasteiger partial charge in [-0.2, -0.15) is 0 Å². The Morgan fingerprint density at radius 1 is 1.10 bits per heavy atom. The largest absolute Gasteiger partial charge is 0.486 e. The molecule has 1 N–H and O–H groups in total. The van der Waals surface area contributed by atoms with E-state index in [1.54, 1.807) is 4.90 Å². The summed E-state index contributed by atoms with van der Waals surface area (Å²) >= 11 is 0. The van der Waals surface area contributed by atoms with Gasteiger partial charge >= 0.3 is 0 Å². The predicted molar refractivity (Wildman–Crippen MR) is 99.8 cm³/mol. The van der Waals surface area contributed by atoms with Crippen LogP contribution in [0, 0.1) is 11.6 Å². The summed E-state index contributed by atoms with van der Waals surface area (Å²) in [4.78, 5) is 26.6. The first-order chi connectivity index (χ1) is 14.0. The summed E-state index contributed by atoms with van der Waals surface area (Å²) in [6, 6.07) is 7.97. The molecule has 2 heterocycles. The van der Waals surface area contributed by atoms with Gasteiger partial charge in [0.1, 0.15) is 24.8 Å². The van der Waals surface area contributed by atoms with E-state index in [0.29, 0.717) is 37.3 Å². The number of nitrogens with zero attached hydrogens (tertiary/aromatic N) is 1. The molecule has 0 aliphatic carbocycles. The normalized spacial score (nSPS) is 17.9. The molecule has 152 valence electrons. The zero-order chi connectivity index (χ0) is 20.4. The SMILES string of the molecule is O=C(NCC(=O)N1CCCC1c1cccc2c1OCCO2)c1cc(F)cc(F)c1. The average Bonchev–Trinajstić information content (AvgIpc) is 3.20. The van der Waals surface area contributed by atoms with Gasteiger partial charge < -0.3 is 19.7 Å². The van der Waals surface area contributed by atoms with Crippen LogP contribution in [0.25, 0.3) is 0 Å². The maximum Gasteiger partial charge on any atom is 0.251 e. The Balaban J connectivity index is 1.45. The van der Waals surface area contributed by atoms with Crippen LogP contribution in [0.3, 0.4) is 0 Å². The number of nitrogens with one attached hydrogen (secondary N) is 1. The third-order valence-electron chi connectivity index (χ3n) is 5.05. The van der Waals surface area contributed by atoms with E-state index in [1.165, 1.54) is 0 Å². The van der Waals surface area contributed by atoms with Gasteiger partial charge in [-0.25, -0.2) is 8.78 Å². The molecule has 2 aliphatic rings. The minimum absolute atomic E-state index is 0.170. The fraction of sp³-hybridized carbons (Fsp3) is 0.333. The smallest absolute Gasteiger partial charge is 0.251 e. The first-order valence-electron chi connectivity index (χ1n) is 9.45. The Bertz CT molecular complexity index is 930. The van der Waals surface area contributed by atoms with Crippen molar-refractivity contribution in [1.82, 2.24) is 10.2 Å². The zero-order valence-corrected chi connectivity index (χ0v) is 15.6. The van der Waals surface area contributed by atoms with Crippen molar-refractivity contribution in [3.8, 4) is 11.5 Å². The van der Waals surface area contributed by atoms with E-state index >= 15 is 0 Å². The van der Waals surface area contributed by atoms with Crippen molar-refractivity contribution in [2.75, 3.05) is 26.3 Å². The molecule has 2 aliphatic heterocycles. The second-order valence-electron chi connectivity index (χ2n) is 6.96. The van der Waals surface area contributed by atoms with Gasteiger partial charge in [0.25, 0.3) is 5.91 Å². The lowest BCUT2D eigenvalue weighted by molar-refractivity contribution is -0.131. The lowest BCUT2D eigenvalue weighted by Crippen LogP contribution is -2.40. The van der Waals surface area contributed by atoms with Crippen LogP contribution in [-0.4, -0.2) is 43.0 Å². The van der Waals surface area contributed by atoms with E-state index < -0.39 is 17.5 Å². The highest BCUT2D eigenvalue weighted by Gasteiger charge is 2.33. The number of hydrogen-bond donors (Lipinski definition) is 1. The van der Waals surface area contributed by atoms with Crippen molar-refractivity contribution in [3.63, 3.8) is 0 Å². The van der Waals surface area contributed by atoms with E-state index in [9.17, 15) is 18.4 Å². The van der Waals surface area contributed by atoms with Crippen LogP contribution in [0.15, 0.2) is 36.4 Å². The Hall–Kier alpha value is -3.16. The van der Waals surface area contributed by atoms with E-state index in [4.69, 9.17) is 9.47 Å². The lowest BCUT2D eigenvalue weighted by Gasteiger charge is -2.29. The summed E-state index contributed by atoms with van der Waals surface area (Å²) in [6.07, 6.45) is 1.60. The molecule has 1 saturated heterocycles. The van der Waals surface area contributed by atoms with Crippen LogP contribution in [0.5, 0.6) is 11.5 Å². The quantitative estimate of drug-likeness (QED) is 0.854. The van der Waals surface area contributed by atoms with Gasteiger partial charge in [0.15, 0.2) is 11.5 Å². The van der Waals surface area contributed by atoms with Crippen LogP contribution in [0.1, 0.15) is 34.8 Å². The van der Waals surface area contributed by atoms with Gasteiger partial charge in [-0.1, -0.05) is 12.1 Å². The number of likely N-dealkylation sites (tertiary alicyclic amines) is 1. The number of carbonyl (C=O) groups excluding carboxylic acids is 2. The van der Waals surface area contributed by atoms with Gasteiger partial charge in [-0.05, 0) is 31.0 Å². The molecular formula is C21H20F2N2O4. The number of fused-ring (bicyclic) bond motifs is 1. The third-order valence-corrected chi connectivity index (χ3v) is 5.05. The molecule has 0 aromatic heterocycles. The molecule has 4 rings (SSSR count). The molecule has 0 radical (unpaired) electrons. The van der Waals surface area contributed by atoms with Crippen LogP contribution in [-0.2, 0) is 4.79 Å². The third kappa shape index (κ3) is 4.01. The highest BCUT2D eigenvalue weighted by molar-refractivity contribution is 5.96. The minimum atomic E-state index is -0.850. The molecule has 1 fully saturated rings. The van der Waals surface area contributed by atoms with Crippen molar-refractivity contribution >= 4 is 11.8 Å². The highest BCUT2D eigenvalue weighted by atomic mass is 19.1. The van der Waals surface area contributed by atoms with E-state index in [1.807, 2.05) is 18.2 Å². The van der Waals surface area contributed by atoms with Crippen molar-refractivity contribution in [2.24, 2.45) is 0 Å². The summed E-state index contributed by atoms with van der Waals surface area (Å²) < 4.78 is 38.0. The molecule has 2 amide bonds. The molecule has 2 aromatic rings. The zero-order valence-electron chi connectivity index (χ0n) is 15.6. The van der Waals surface area contributed by atoms with E-state index in [-0.39, 0.29) is 24.1 Å². The van der Waals surface area contributed by atoms with Crippen molar-refractivity contribution < 1.29 is 27.8 Å². The molecule has 0 spiro atoms. The topological polar surface area (TPSA) is 67.9 Å². The number of ether oxygens (including phenoxy) is 2. The molecule has 1 atom stereocenters. The van der Waals surface area contributed by atoms with Crippen LogP contribution < -0.4 is 14.8 Å². The van der Waals surface area contributed by atoms with Crippen LogP contribution in [0.4, 0.5) is 8.78 Å². The Labute approximate surface area is 166 Å². The van der Waals surface area contributed by atoms with Gasteiger partial charge in [-0.15, -0.1) is 0 Å². The summed E-state index contributed by atoms with van der Waals surface area (Å²) in [5, 5.41) is 2.44.